The number of phenolic OH excluding ortho intramolecular Hbond substituents is 1. The van der Waals surface area contributed by atoms with Crippen LogP contribution >= 0.6 is 0 Å². The first-order chi connectivity index (χ1) is 9.22. The first kappa shape index (κ1) is 14.9. The molecule has 0 saturated heterocycles. The molecule has 0 radical (unpaired) electrons. The van der Waals surface area contributed by atoms with Crippen molar-refractivity contribution < 1.29 is 15.0 Å². The third-order valence-electron chi connectivity index (χ3n) is 3.96. The minimum atomic E-state index is -1.29. The van der Waals surface area contributed by atoms with E-state index in [9.17, 15) is 15.0 Å². The van der Waals surface area contributed by atoms with Gasteiger partial charge in [-0.05, 0) is 48.8 Å². The van der Waals surface area contributed by atoms with Gasteiger partial charge in [0.25, 0.3) is 5.91 Å². The summed E-state index contributed by atoms with van der Waals surface area (Å²) in [4.78, 5) is 12.2. The summed E-state index contributed by atoms with van der Waals surface area (Å²) in [7, 11) is 0. The fourth-order valence-electron chi connectivity index (χ4n) is 2.53. The van der Waals surface area contributed by atoms with Gasteiger partial charge in [0.15, 0.2) is 0 Å². The Morgan fingerprint density at radius 1 is 1.25 bits per heavy atom. The molecule has 4 nitrogen and oxygen atoms in total. The second-order valence-corrected chi connectivity index (χ2v) is 6.67. The van der Waals surface area contributed by atoms with Crippen molar-refractivity contribution in [2.45, 2.75) is 57.5 Å². The lowest BCUT2D eigenvalue weighted by molar-refractivity contribution is -0.133. The lowest BCUT2D eigenvalue weighted by Gasteiger charge is -2.23. The van der Waals surface area contributed by atoms with Crippen LogP contribution in [0.3, 0.4) is 0 Å². The standard InChI is InChI=1S/C16H23NO3/c1-15(2,3)11-6-7-13(18)12(10-11)17-14(19)16(20)8-4-5-9-16/h6-7,10,18,20H,4-5,8-9H2,1-3H3,(H,17,19). The number of hydrogen-bond donors (Lipinski definition) is 3. The van der Waals surface area contributed by atoms with Crippen molar-refractivity contribution >= 4 is 11.6 Å². The summed E-state index contributed by atoms with van der Waals surface area (Å²) >= 11 is 0. The molecule has 1 aliphatic rings. The second-order valence-electron chi connectivity index (χ2n) is 6.67. The van der Waals surface area contributed by atoms with Crippen LogP contribution in [0.1, 0.15) is 52.0 Å². The van der Waals surface area contributed by atoms with Crippen LogP contribution in [-0.2, 0) is 10.2 Å². The number of amides is 1. The van der Waals surface area contributed by atoms with E-state index in [1.54, 1.807) is 12.1 Å². The highest BCUT2D eigenvalue weighted by atomic mass is 16.3. The molecule has 1 amide bonds. The fraction of sp³-hybridized carbons (Fsp3) is 0.562. The first-order valence-corrected chi connectivity index (χ1v) is 7.10. The van der Waals surface area contributed by atoms with E-state index in [1.165, 1.54) is 0 Å². The van der Waals surface area contributed by atoms with Gasteiger partial charge in [0.2, 0.25) is 0 Å². The molecule has 4 heteroatoms. The van der Waals surface area contributed by atoms with Gasteiger partial charge in [-0.15, -0.1) is 0 Å². The third-order valence-corrected chi connectivity index (χ3v) is 3.96. The Hall–Kier alpha value is -1.55. The summed E-state index contributed by atoms with van der Waals surface area (Å²) in [6.45, 7) is 6.19. The predicted octanol–water partition coefficient (Wildman–Crippen LogP) is 2.93. The Labute approximate surface area is 119 Å². The highest BCUT2D eigenvalue weighted by molar-refractivity contribution is 5.98. The van der Waals surface area contributed by atoms with E-state index < -0.39 is 11.5 Å². The zero-order chi connectivity index (χ0) is 15.0. The Bertz CT molecular complexity index is 511. The summed E-state index contributed by atoms with van der Waals surface area (Å²) in [5.74, 6) is -0.399. The van der Waals surface area contributed by atoms with Crippen LogP contribution in [-0.4, -0.2) is 21.7 Å². The summed E-state index contributed by atoms with van der Waals surface area (Å²) in [5.41, 5.74) is 0.0218. The number of nitrogens with one attached hydrogen (secondary N) is 1. The Kier molecular flexibility index (Phi) is 3.78. The van der Waals surface area contributed by atoms with Crippen LogP contribution in [0.2, 0.25) is 0 Å². The van der Waals surface area contributed by atoms with E-state index in [2.05, 4.69) is 26.1 Å². The van der Waals surface area contributed by atoms with Gasteiger partial charge in [-0.3, -0.25) is 4.79 Å². The van der Waals surface area contributed by atoms with Crippen molar-refractivity contribution in [1.82, 2.24) is 0 Å². The topological polar surface area (TPSA) is 69.6 Å². The molecule has 20 heavy (non-hydrogen) atoms. The van der Waals surface area contributed by atoms with E-state index in [0.29, 0.717) is 18.5 Å². The van der Waals surface area contributed by atoms with Crippen molar-refractivity contribution in [2.75, 3.05) is 5.32 Å². The average molecular weight is 277 g/mol. The molecule has 0 bridgehead atoms. The molecule has 0 unspecified atom stereocenters. The van der Waals surface area contributed by atoms with Gasteiger partial charge in [-0.2, -0.15) is 0 Å². The number of carbonyl (C=O) groups excluding carboxylic acids is 1. The number of benzene rings is 1. The van der Waals surface area contributed by atoms with Gasteiger partial charge in [0, 0.05) is 0 Å². The first-order valence-electron chi connectivity index (χ1n) is 7.10. The van der Waals surface area contributed by atoms with Crippen molar-refractivity contribution in [2.24, 2.45) is 0 Å². The monoisotopic (exact) mass is 277 g/mol. The number of hydrogen-bond acceptors (Lipinski definition) is 3. The molecule has 0 heterocycles. The number of carbonyl (C=O) groups is 1. The quantitative estimate of drug-likeness (QED) is 0.728. The Balaban J connectivity index is 2.22. The van der Waals surface area contributed by atoms with E-state index in [1.807, 2.05) is 6.07 Å². The summed E-state index contributed by atoms with van der Waals surface area (Å²) < 4.78 is 0. The van der Waals surface area contributed by atoms with Crippen molar-refractivity contribution in [3.63, 3.8) is 0 Å². The molecule has 0 aromatic heterocycles. The molecule has 1 aliphatic carbocycles. The molecular weight excluding hydrogens is 254 g/mol. The fourth-order valence-corrected chi connectivity index (χ4v) is 2.53. The van der Waals surface area contributed by atoms with Crippen molar-refractivity contribution in [3.05, 3.63) is 23.8 Å². The van der Waals surface area contributed by atoms with Crippen LogP contribution in [0.15, 0.2) is 18.2 Å². The number of aromatic hydroxyl groups is 1. The van der Waals surface area contributed by atoms with E-state index in [0.717, 1.165) is 18.4 Å². The highest BCUT2D eigenvalue weighted by Gasteiger charge is 2.39. The maximum Gasteiger partial charge on any atom is 0.256 e. The molecule has 1 aromatic carbocycles. The SMILES string of the molecule is CC(C)(C)c1ccc(O)c(NC(=O)C2(O)CCCC2)c1. The molecular formula is C16H23NO3. The molecule has 1 saturated carbocycles. The summed E-state index contributed by atoms with van der Waals surface area (Å²) in [5, 5.41) is 22.8. The number of aliphatic hydroxyl groups is 1. The van der Waals surface area contributed by atoms with Gasteiger partial charge in [0.1, 0.15) is 11.4 Å². The molecule has 110 valence electrons. The molecule has 0 aliphatic heterocycles. The highest BCUT2D eigenvalue weighted by Crippen LogP contribution is 2.34. The van der Waals surface area contributed by atoms with Crippen molar-refractivity contribution in [3.8, 4) is 5.75 Å². The molecule has 3 N–H and O–H groups in total. The maximum atomic E-state index is 12.2. The summed E-state index contributed by atoms with van der Waals surface area (Å²) in [6.07, 6.45) is 2.69. The van der Waals surface area contributed by atoms with Crippen LogP contribution in [0.25, 0.3) is 0 Å². The smallest absolute Gasteiger partial charge is 0.256 e. The summed E-state index contributed by atoms with van der Waals surface area (Å²) in [6, 6.07) is 5.19. The van der Waals surface area contributed by atoms with Gasteiger partial charge >= 0.3 is 0 Å². The minimum absolute atomic E-state index is 0.0212. The van der Waals surface area contributed by atoms with Crippen LogP contribution in [0.5, 0.6) is 5.75 Å². The largest absolute Gasteiger partial charge is 0.506 e. The van der Waals surface area contributed by atoms with E-state index >= 15 is 0 Å². The van der Waals surface area contributed by atoms with Gasteiger partial charge < -0.3 is 15.5 Å². The molecule has 0 atom stereocenters. The lowest BCUT2D eigenvalue weighted by Crippen LogP contribution is -2.40. The van der Waals surface area contributed by atoms with Crippen LogP contribution in [0, 0.1) is 0 Å². The van der Waals surface area contributed by atoms with Gasteiger partial charge in [-0.1, -0.05) is 26.8 Å². The number of phenols is 1. The third kappa shape index (κ3) is 2.96. The predicted molar refractivity (Wildman–Crippen MR) is 78.9 cm³/mol. The van der Waals surface area contributed by atoms with Crippen LogP contribution < -0.4 is 5.32 Å². The zero-order valence-electron chi connectivity index (χ0n) is 12.4. The number of anilines is 1. The number of rotatable bonds is 2. The Morgan fingerprint density at radius 2 is 1.85 bits per heavy atom. The molecule has 2 rings (SSSR count). The van der Waals surface area contributed by atoms with Crippen molar-refractivity contribution in [1.29, 1.82) is 0 Å². The molecule has 1 aromatic rings. The lowest BCUT2D eigenvalue weighted by atomic mass is 9.86. The normalized spacial score (nSPS) is 18.0. The average Bonchev–Trinajstić information content (AvgIpc) is 2.79. The van der Waals surface area contributed by atoms with Gasteiger partial charge in [0.05, 0.1) is 5.69 Å². The van der Waals surface area contributed by atoms with Gasteiger partial charge in [-0.25, -0.2) is 0 Å². The van der Waals surface area contributed by atoms with Crippen LogP contribution in [0.4, 0.5) is 5.69 Å². The second kappa shape index (κ2) is 5.09. The van der Waals surface area contributed by atoms with E-state index in [4.69, 9.17) is 0 Å². The zero-order valence-corrected chi connectivity index (χ0v) is 12.4. The van der Waals surface area contributed by atoms with E-state index in [-0.39, 0.29) is 11.2 Å². The minimum Gasteiger partial charge on any atom is -0.506 e. The maximum absolute atomic E-state index is 12.2. The molecule has 0 spiro atoms. The molecule has 1 fully saturated rings. The Morgan fingerprint density at radius 3 is 2.40 bits per heavy atom.